The minimum Gasteiger partial charge on any atom is -0.462 e. The van der Waals surface area contributed by atoms with Crippen molar-refractivity contribution in [1.29, 1.82) is 0 Å². The molecule has 15 nitrogen and oxygen atoms in total. The Labute approximate surface area is 185 Å². The predicted octanol–water partition coefficient (Wildman–Crippen LogP) is -1.02. The Morgan fingerprint density at radius 3 is 1.67 bits per heavy atom. The summed E-state index contributed by atoms with van der Waals surface area (Å²) in [7, 11) is 0. The van der Waals surface area contributed by atoms with Crippen LogP contribution in [-0.4, -0.2) is 94.3 Å². The number of cyclic esters (lactones) is 5. The highest BCUT2D eigenvalue weighted by atomic mass is 16.8. The third kappa shape index (κ3) is 6.21. The van der Waals surface area contributed by atoms with Crippen LogP contribution < -0.4 is 0 Å². The molecule has 0 aromatic carbocycles. The molecule has 0 spiro atoms. The SMILES string of the molecule is CCC(COC(=O)C1COC(=O)O1)(COC(=O)C1COC(=O)O1)COC(=O)C1OCC(=O)O1. The summed E-state index contributed by atoms with van der Waals surface area (Å²) in [5, 5.41) is 0. The summed E-state index contributed by atoms with van der Waals surface area (Å²) >= 11 is 0. The summed E-state index contributed by atoms with van der Waals surface area (Å²) in [5.41, 5.74) is -1.27. The minimum absolute atomic E-state index is 0.161. The molecule has 3 rings (SSSR count). The molecule has 0 bridgehead atoms. The maximum Gasteiger partial charge on any atom is 0.509 e. The number of esters is 4. The fraction of sp³-hybridized carbons (Fsp3) is 0.667. The van der Waals surface area contributed by atoms with Gasteiger partial charge in [-0.1, -0.05) is 6.92 Å². The van der Waals surface area contributed by atoms with Crippen LogP contribution in [0.1, 0.15) is 13.3 Å². The van der Waals surface area contributed by atoms with Crippen molar-refractivity contribution in [2.75, 3.05) is 39.6 Å². The number of rotatable bonds is 10. The van der Waals surface area contributed by atoms with Crippen molar-refractivity contribution in [1.82, 2.24) is 0 Å². The monoisotopic (exact) mass is 476 g/mol. The topological polar surface area (TPSA) is 185 Å². The minimum atomic E-state index is -1.55. The zero-order chi connectivity index (χ0) is 24.0. The molecule has 0 amide bonds. The lowest BCUT2D eigenvalue weighted by molar-refractivity contribution is -0.184. The first-order valence-electron chi connectivity index (χ1n) is 9.69. The van der Waals surface area contributed by atoms with Crippen molar-refractivity contribution in [3.8, 4) is 0 Å². The maximum atomic E-state index is 12.2. The first-order valence-corrected chi connectivity index (χ1v) is 9.69. The Hall–Kier alpha value is -3.62. The van der Waals surface area contributed by atoms with Gasteiger partial charge >= 0.3 is 42.5 Å². The molecule has 3 aliphatic rings. The first-order chi connectivity index (χ1) is 15.7. The number of hydrogen-bond donors (Lipinski definition) is 0. The van der Waals surface area contributed by atoms with E-state index in [1.165, 1.54) is 0 Å². The van der Waals surface area contributed by atoms with Crippen molar-refractivity contribution in [2.24, 2.45) is 5.41 Å². The van der Waals surface area contributed by atoms with E-state index in [4.69, 9.17) is 18.9 Å². The Bertz CT molecular complexity index is 717. The molecule has 0 N–H and O–H groups in total. The third-order valence-corrected chi connectivity index (χ3v) is 4.80. The lowest BCUT2D eigenvalue weighted by atomic mass is 9.88. The van der Waals surface area contributed by atoms with Gasteiger partial charge in [0.05, 0.1) is 5.41 Å². The van der Waals surface area contributed by atoms with Gasteiger partial charge in [-0.05, 0) is 6.42 Å². The zero-order valence-electron chi connectivity index (χ0n) is 17.3. The van der Waals surface area contributed by atoms with Crippen molar-refractivity contribution in [3.63, 3.8) is 0 Å². The van der Waals surface area contributed by atoms with E-state index in [0.717, 1.165) is 0 Å². The van der Waals surface area contributed by atoms with E-state index in [-0.39, 0.29) is 19.6 Å². The average Bonchev–Trinajstić information content (AvgIpc) is 3.54. The molecule has 15 heteroatoms. The predicted molar refractivity (Wildman–Crippen MR) is 93.9 cm³/mol. The van der Waals surface area contributed by atoms with E-state index in [1.807, 2.05) is 0 Å². The Morgan fingerprint density at radius 2 is 1.30 bits per heavy atom. The molecule has 3 aliphatic heterocycles. The average molecular weight is 476 g/mol. The Kier molecular flexibility index (Phi) is 7.52. The summed E-state index contributed by atoms with van der Waals surface area (Å²) in [5.74, 6) is -3.62. The highest BCUT2D eigenvalue weighted by molar-refractivity contribution is 5.82. The first kappa shape index (κ1) is 24.0. The van der Waals surface area contributed by atoms with Gasteiger partial charge in [0.1, 0.15) is 39.6 Å². The second kappa shape index (κ2) is 10.3. The molecule has 3 fully saturated rings. The van der Waals surface area contributed by atoms with Crippen LogP contribution in [0.2, 0.25) is 0 Å². The van der Waals surface area contributed by atoms with Crippen LogP contribution in [0.15, 0.2) is 0 Å². The molecule has 0 aromatic heterocycles. The largest absolute Gasteiger partial charge is 0.509 e. The zero-order valence-corrected chi connectivity index (χ0v) is 17.3. The van der Waals surface area contributed by atoms with Crippen molar-refractivity contribution < 1.29 is 71.4 Å². The van der Waals surface area contributed by atoms with E-state index in [1.54, 1.807) is 6.92 Å². The Balaban J connectivity index is 1.61. The van der Waals surface area contributed by atoms with Gasteiger partial charge in [0, 0.05) is 0 Å². The summed E-state index contributed by atoms with van der Waals surface area (Å²) in [4.78, 5) is 69.6. The van der Waals surface area contributed by atoms with Gasteiger partial charge in [-0.15, -0.1) is 0 Å². The van der Waals surface area contributed by atoms with Crippen LogP contribution in [0.25, 0.3) is 0 Å². The van der Waals surface area contributed by atoms with Crippen molar-refractivity contribution in [3.05, 3.63) is 0 Å². The number of ether oxygens (including phenoxy) is 9. The van der Waals surface area contributed by atoms with Crippen LogP contribution in [0.5, 0.6) is 0 Å². The van der Waals surface area contributed by atoms with Crippen LogP contribution in [-0.2, 0) is 61.8 Å². The third-order valence-electron chi connectivity index (χ3n) is 4.80. The van der Waals surface area contributed by atoms with Gasteiger partial charge in [-0.3, -0.25) is 0 Å². The van der Waals surface area contributed by atoms with Crippen LogP contribution in [0, 0.1) is 5.41 Å². The standard InChI is InChI=1S/C18H20O15/c1-2-18(6-28-12(20)9-3-26-16(23)31-9,7-29-13(21)10-4-27-17(24)32-10)8-30-14(22)15-25-5-11(19)33-15/h9-10,15H,2-8H2,1H3. The summed E-state index contributed by atoms with van der Waals surface area (Å²) in [6.07, 6.45) is -6.00. The molecular weight excluding hydrogens is 456 g/mol. The van der Waals surface area contributed by atoms with E-state index in [9.17, 15) is 28.8 Å². The van der Waals surface area contributed by atoms with Crippen LogP contribution in [0.4, 0.5) is 9.59 Å². The molecule has 3 unspecified atom stereocenters. The summed E-state index contributed by atoms with van der Waals surface area (Å²) < 4.78 is 43.3. The summed E-state index contributed by atoms with van der Waals surface area (Å²) in [6, 6.07) is 0. The summed E-state index contributed by atoms with van der Waals surface area (Å²) in [6.45, 7) is -0.748. The van der Waals surface area contributed by atoms with Gasteiger partial charge in [0.25, 0.3) is 0 Å². The second-order valence-electron chi connectivity index (χ2n) is 7.14. The van der Waals surface area contributed by atoms with E-state index < -0.39 is 86.5 Å². The molecule has 3 atom stereocenters. The quantitative estimate of drug-likeness (QED) is 0.275. The lowest BCUT2D eigenvalue weighted by Gasteiger charge is -2.31. The molecule has 182 valence electrons. The molecule has 3 heterocycles. The van der Waals surface area contributed by atoms with E-state index in [2.05, 4.69) is 23.7 Å². The number of carbonyl (C=O) groups excluding carboxylic acids is 6. The highest BCUT2D eigenvalue weighted by Gasteiger charge is 2.41. The van der Waals surface area contributed by atoms with Gasteiger partial charge in [0.2, 0.25) is 12.2 Å². The smallest absolute Gasteiger partial charge is 0.462 e. The molecule has 0 radical (unpaired) electrons. The molecular formula is C18H20O15. The highest BCUT2D eigenvalue weighted by Crippen LogP contribution is 2.26. The van der Waals surface area contributed by atoms with E-state index >= 15 is 0 Å². The van der Waals surface area contributed by atoms with Gasteiger partial charge in [-0.25, -0.2) is 28.8 Å². The fourth-order valence-electron chi connectivity index (χ4n) is 2.69. The number of hydrogen-bond acceptors (Lipinski definition) is 15. The van der Waals surface area contributed by atoms with Gasteiger partial charge in [-0.2, -0.15) is 0 Å². The molecule has 0 aliphatic carbocycles. The molecule has 3 saturated heterocycles. The van der Waals surface area contributed by atoms with Gasteiger partial charge in [0.15, 0.2) is 0 Å². The normalized spacial score (nSPS) is 25.6. The second-order valence-corrected chi connectivity index (χ2v) is 7.14. The van der Waals surface area contributed by atoms with Crippen LogP contribution >= 0.6 is 0 Å². The lowest BCUT2D eigenvalue weighted by Crippen LogP contribution is -2.42. The Morgan fingerprint density at radius 1 is 0.818 bits per heavy atom. The molecule has 0 aromatic rings. The maximum absolute atomic E-state index is 12.2. The van der Waals surface area contributed by atoms with Crippen molar-refractivity contribution in [2.45, 2.75) is 31.8 Å². The van der Waals surface area contributed by atoms with Gasteiger partial charge < -0.3 is 42.6 Å². The molecule has 33 heavy (non-hydrogen) atoms. The van der Waals surface area contributed by atoms with Crippen LogP contribution in [0.3, 0.4) is 0 Å². The molecule has 0 saturated carbocycles. The van der Waals surface area contributed by atoms with E-state index in [0.29, 0.717) is 0 Å². The number of carbonyl (C=O) groups is 6. The van der Waals surface area contributed by atoms with Crippen molar-refractivity contribution >= 4 is 36.2 Å². The fourth-order valence-corrected chi connectivity index (χ4v) is 2.69.